The second-order valence-electron chi connectivity index (χ2n) is 16.7. The molecule has 0 aliphatic heterocycles. The van der Waals surface area contributed by atoms with Gasteiger partial charge in [-0.2, -0.15) is 11.8 Å². The monoisotopic (exact) mass is 940 g/mol. The lowest BCUT2D eigenvalue weighted by Crippen LogP contribution is -2.59. The van der Waals surface area contributed by atoms with Crippen LogP contribution in [0.1, 0.15) is 71.6 Å². The first-order chi connectivity index (χ1) is 31.2. The number of nitrogens with one attached hydrogen (secondary N) is 9. The Morgan fingerprint density at radius 3 is 2.00 bits per heavy atom. The highest BCUT2D eigenvalue weighted by Gasteiger charge is 2.33. The van der Waals surface area contributed by atoms with Crippen molar-refractivity contribution in [2.45, 2.75) is 115 Å². The Kier molecular flexibility index (Phi) is 21.6. The number of hydrogen-bond acceptors (Lipinski definition) is 12. The van der Waals surface area contributed by atoms with Gasteiger partial charge in [0, 0.05) is 42.6 Å². The number of hydrogen-bond donors (Lipinski definition) is 12. The van der Waals surface area contributed by atoms with Crippen LogP contribution in [-0.2, 0) is 56.0 Å². The molecule has 1 aromatic carbocycles. The van der Waals surface area contributed by atoms with Crippen molar-refractivity contribution >= 4 is 75.9 Å². The average molecular weight is 941 g/mol. The van der Waals surface area contributed by atoms with Crippen molar-refractivity contribution in [2.75, 3.05) is 18.6 Å². The second-order valence-corrected chi connectivity index (χ2v) is 17.7. The molecule has 22 nitrogen and oxygen atoms in total. The Bertz CT molecular complexity index is 2150. The van der Waals surface area contributed by atoms with Gasteiger partial charge < -0.3 is 63.8 Å². The van der Waals surface area contributed by atoms with Crippen molar-refractivity contribution < 1.29 is 48.3 Å². The molecule has 2 aromatic heterocycles. The van der Waals surface area contributed by atoms with E-state index < -0.39 is 108 Å². The highest BCUT2D eigenvalue weighted by molar-refractivity contribution is 7.98. The van der Waals surface area contributed by atoms with E-state index in [2.05, 4.69) is 52.2 Å². The van der Waals surface area contributed by atoms with Crippen molar-refractivity contribution in [3.8, 4) is 0 Å². The van der Waals surface area contributed by atoms with Crippen LogP contribution < -0.4 is 48.7 Å². The molecule has 23 heteroatoms. The molecule has 0 unspecified atom stereocenters. The molecular weight excluding hydrogens is 877 g/mol. The summed E-state index contributed by atoms with van der Waals surface area (Å²) >= 11 is 1.42. The molecule has 0 fully saturated rings. The number of aromatic amines is 2. The summed E-state index contributed by atoms with van der Waals surface area (Å²) in [5.41, 5.74) is 13.1. The van der Waals surface area contributed by atoms with E-state index in [1.807, 2.05) is 38.1 Å². The molecule has 0 saturated carbocycles. The van der Waals surface area contributed by atoms with Gasteiger partial charge in [-0.3, -0.25) is 38.4 Å². The zero-order chi connectivity index (χ0) is 49.1. The van der Waals surface area contributed by atoms with Crippen LogP contribution >= 0.6 is 11.8 Å². The number of primary amides is 1. The van der Waals surface area contributed by atoms with Crippen LogP contribution in [0.15, 0.2) is 43.0 Å². The highest BCUT2D eigenvalue weighted by Crippen LogP contribution is 2.19. The summed E-state index contributed by atoms with van der Waals surface area (Å²) in [6, 6.07) is -1.07. The molecule has 66 heavy (non-hydrogen) atoms. The lowest BCUT2D eigenvalue weighted by atomic mass is 10.0. The van der Waals surface area contributed by atoms with Gasteiger partial charge in [-0.05, 0) is 61.7 Å². The number of fused-ring (bicyclic) bond motifs is 1. The van der Waals surface area contributed by atoms with Gasteiger partial charge in [-0.25, -0.2) is 9.78 Å². The first-order valence-corrected chi connectivity index (χ1v) is 23.0. The first kappa shape index (κ1) is 53.8. The van der Waals surface area contributed by atoms with E-state index in [1.165, 1.54) is 31.2 Å². The minimum Gasteiger partial charge on any atom is -0.480 e. The molecule has 0 bridgehead atoms. The second kappa shape index (κ2) is 26.5. The molecular formula is C43H64N12O10S. The van der Waals surface area contributed by atoms with Crippen molar-refractivity contribution in [1.29, 1.82) is 0 Å². The molecule has 0 aliphatic rings. The van der Waals surface area contributed by atoms with Crippen molar-refractivity contribution in [3.63, 3.8) is 0 Å². The molecule has 3 rings (SSSR count). The van der Waals surface area contributed by atoms with Gasteiger partial charge in [0.15, 0.2) is 0 Å². The SMILES string of the molecule is CSCC[C@H](NC(=O)[C@H](CC(C)C)NC(=O)[C@H](Cc1c[nH]cn1)NC(=O)CNC(=O)[C@@H](NC(=O)[C@H](C)NC(=O)[C@H](Cc1c[nH]c2ccccc12)NC(=O)[C@@H](N)CCC(N)=O)C(C)C)C(=O)O. The zero-order valence-electron chi connectivity index (χ0n) is 38.0. The number of thioether (sulfide) groups is 1. The maximum absolute atomic E-state index is 13.7. The van der Waals surface area contributed by atoms with Crippen LogP contribution in [0.5, 0.6) is 0 Å². The minimum absolute atomic E-state index is 0.00132. The number of H-pyrrole nitrogens is 2. The fourth-order valence-corrected chi connectivity index (χ4v) is 7.19. The number of para-hydroxylation sites is 1. The standard InChI is InChI=1S/C43H64N12O10S/c1-22(2)15-31(40(61)52-30(43(64)65)13-14-66-6)54-41(62)33(17-26-19-46-21-49-26)51-35(57)20-48-42(63)36(23(3)4)55-37(58)24(5)50-39(60)32(53-38(59)28(44)11-12-34(45)56)16-25-18-47-29-10-8-7-9-27(25)29/h7-10,18-19,21-24,28,30-33,36,47H,11-17,20,44H2,1-6H3,(H2,45,56)(H,46,49)(H,48,63)(H,50,60)(H,51,57)(H,52,61)(H,53,59)(H,54,62)(H,55,58)(H,64,65)/t24-,28-,30-,31-,32-,33-,36-/m0/s1. The first-order valence-electron chi connectivity index (χ1n) is 21.6. The molecule has 0 saturated heterocycles. The number of aliphatic carboxylic acids is 1. The van der Waals surface area contributed by atoms with Gasteiger partial charge in [0.2, 0.25) is 47.3 Å². The average Bonchev–Trinajstić information content (AvgIpc) is 3.93. The summed E-state index contributed by atoms with van der Waals surface area (Å²) in [6.07, 6.45) is 6.40. The van der Waals surface area contributed by atoms with E-state index in [9.17, 15) is 48.3 Å². The number of aromatic nitrogens is 3. The van der Waals surface area contributed by atoms with E-state index >= 15 is 0 Å². The number of carbonyl (C=O) groups excluding carboxylic acids is 8. The predicted molar refractivity (Wildman–Crippen MR) is 246 cm³/mol. The highest BCUT2D eigenvalue weighted by atomic mass is 32.2. The minimum atomic E-state index is -1.28. The number of nitrogens with zero attached hydrogens (tertiary/aromatic N) is 1. The van der Waals surface area contributed by atoms with E-state index in [0.717, 1.165) is 10.9 Å². The van der Waals surface area contributed by atoms with Gasteiger partial charge in [0.05, 0.1) is 24.6 Å². The maximum atomic E-state index is 13.7. The number of carboxylic acids is 1. The number of rotatable bonds is 28. The Morgan fingerprint density at radius 2 is 1.38 bits per heavy atom. The van der Waals surface area contributed by atoms with Crippen molar-refractivity contribution in [2.24, 2.45) is 23.3 Å². The Balaban J connectivity index is 1.68. The third-order valence-corrected chi connectivity index (χ3v) is 11.0. The van der Waals surface area contributed by atoms with Crippen LogP contribution in [0.2, 0.25) is 0 Å². The van der Waals surface area contributed by atoms with E-state index in [0.29, 0.717) is 17.0 Å². The predicted octanol–water partition coefficient (Wildman–Crippen LogP) is -1.15. The van der Waals surface area contributed by atoms with Crippen molar-refractivity contribution in [3.05, 3.63) is 54.2 Å². The fraction of sp³-hybridized carbons (Fsp3) is 0.535. The van der Waals surface area contributed by atoms with E-state index in [1.54, 1.807) is 26.3 Å². The Labute approximate surface area is 386 Å². The quantitative estimate of drug-likeness (QED) is 0.0410. The van der Waals surface area contributed by atoms with Gasteiger partial charge in [0.1, 0.15) is 36.3 Å². The van der Waals surface area contributed by atoms with Gasteiger partial charge in [-0.15, -0.1) is 0 Å². The number of carbonyl (C=O) groups is 9. The maximum Gasteiger partial charge on any atom is 0.326 e. The summed E-state index contributed by atoms with van der Waals surface area (Å²) in [7, 11) is 0. The number of nitrogens with two attached hydrogens (primary N) is 2. The number of amides is 8. The van der Waals surface area contributed by atoms with Gasteiger partial charge in [-0.1, -0.05) is 45.9 Å². The smallest absolute Gasteiger partial charge is 0.326 e. The molecule has 2 heterocycles. The molecule has 7 atom stereocenters. The van der Waals surface area contributed by atoms with Crippen molar-refractivity contribution in [1.82, 2.24) is 52.2 Å². The summed E-state index contributed by atoms with van der Waals surface area (Å²) in [4.78, 5) is 127. The summed E-state index contributed by atoms with van der Waals surface area (Å²) in [6.45, 7) is 7.70. The third kappa shape index (κ3) is 17.5. The lowest BCUT2D eigenvalue weighted by Gasteiger charge is -2.26. The number of carboxylic acid groups (broad SMARTS) is 1. The molecule has 0 aliphatic carbocycles. The largest absolute Gasteiger partial charge is 0.480 e. The summed E-state index contributed by atoms with van der Waals surface area (Å²) in [5, 5.41) is 28.5. The van der Waals surface area contributed by atoms with Crippen LogP contribution in [0.25, 0.3) is 10.9 Å². The normalized spacial score (nSPS) is 14.4. The number of benzene rings is 1. The molecule has 362 valence electrons. The Hall–Kier alpha value is -6.49. The molecule has 0 spiro atoms. The molecule has 8 amide bonds. The van der Waals surface area contributed by atoms with E-state index in [4.69, 9.17) is 11.5 Å². The Morgan fingerprint density at radius 1 is 0.742 bits per heavy atom. The molecule has 0 radical (unpaired) electrons. The summed E-state index contributed by atoms with van der Waals surface area (Å²) in [5.74, 6) is -7.21. The topological polar surface area (TPSA) is 355 Å². The van der Waals surface area contributed by atoms with Gasteiger partial charge >= 0.3 is 5.97 Å². The lowest BCUT2D eigenvalue weighted by molar-refractivity contribution is -0.142. The van der Waals surface area contributed by atoms with E-state index in [-0.39, 0.29) is 44.4 Å². The summed E-state index contributed by atoms with van der Waals surface area (Å²) < 4.78 is 0. The number of imidazole rings is 1. The van der Waals surface area contributed by atoms with Crippen LogP contribution in [0, 0.1) is 11.8 Å². The van der Waals surface area contributed by atoms with Gasteiger partial charge in [0.25, 0.3) is 0 Å². The zero-order valence-corrected chi connectivity index (χ0v) is 38.8. The third-order valence-electron chi connectivity index (χ3n) is 10.4. The molecule has 3 aromatic rings. The fourth-order valence-electron chi connectivity index (χ4n) is 6.71. The van der Waals surface area contributed by atoms with Crippen LogP contribution in [0.4, 0.5) is 0 Å². The van der Waals surface area contributed by atoms with Crippen LogP contribution in [0.3, 0.4) is 0 Å². The van der Waals surface area contributed by atoms with Crippen LogP contribution in [-0.4, -0.2) is 134 Å². The molecule has 14 N–H and O–H groups in total.